The average molecular weight is 447 g/mol. The van der Waals surface area contributed by atoms with E-state index in [4.69, 9.17) is 14.2 Å². The Hall–Kier alpha value is -3.82. The van der Waals surface area contributed by atoms with Crippen molar-refractivity contribution < 1.29 is 32.2 Å². The predicted molar refractivity (Wildman–Crippen MR) is 111 cm³/mol. The van der Waals surface area contributed by atoms with E-state index in [1.54, 1.807) is 25.1 Å². The first-order valence-electron chi connectivity index (χ1n) is 9.37. The molecule has 0 radical (unpaired) electrons. The highest BCUT2D eigenvalue weighted by atomic mass is 19.4. The van der Waals surface area contributed by atoms with Gasteiger partial charge in [-0.25, -0.2) is 4.98 Å². The Morgan fingerprint density at radius 1 is 0.969 bits per heavy atom. The van der Waals surface area contributed by atoms with E-state index in [2.05, 4.69) is 15.3 Å². The molecule has 0 aliphatic rings. The van der Waals surface area contributed by atoms with E-state index in [9.17, 15) is 18.0 Å². The van der Waals surface area contributed by atoms with E-state index in [1.165, 1.54) is 32.4 Å². The number of hydrogen-bond donors (Lipinski definition) is 1. The van der Waals surface area contributed by atoms with Gasteiger partial charge in [0.2, 0.25) is 5.88 Å². The number of anilines is 1. The van der Waals surface area contributed by atoms with Crippen LogP contribution in [0.4, 0.5) is 18.9 Å². The number of carbonyl (C=O) groups is 1. The lowest BCUT2D eigenvalue weighted by Gasteiger charge is -2.11. The first kappa shape index (κ1) is 22.9. The Morgan fingerprint density at radius 3 is 2.16 bits per heavy atom. The van der Waals surface area contributed by atoms with Gasteiger partial charge in [-0.3, -0.25) is 4.79 Å². The van der Waals surface area contributed by atoms with E-state index >= 15 is 0 Å². The molecule has 0 saturated carbocycles. The maximum atomic E-state index is 12.8. The van der Waals surface area contributed by atoms with Crippen LogP contribution in [0.1, 0.15) is 11.3 Å². The fourth-order valence-electron chi connectivity index (χ4n) is 2.77. The summed E-state index contributed by atoms with van der Waals surface area (Å²) < 4.78 is 54.1. The van der Waals surface area contributed by atoms with Crippen molar-refractivity contribution in [2.24, 2.45) is 0 Å². The summed E-state index contributed by atoms with van der Waals surface area (Å²) in [6.07, 6.45) is -4.43. The number of aryl methyl sites for hydroxylation is 1. The van der Waals surface area contributed by atoms with Gasteiger partial charge in [0.15, 0.2) is 12.4 Å². The topological polar surface area (TPSA) is 82.6 Å². The summed E-state index contributed by atoms with van der Waals surface area (Å²) in [6, 6.07) is 10.9. The molecule has 0 aliphatic carbocycles. The zero-order valence-electron chi connectivity index (χ0n) is 17.5. The van der Waals surface area contributed by atoms with Crippen LogP contribution in [0.3, 0.4) is 0 Å². The number of halogens is 3. The highest BCUT2D eigenvalue weighted by molar-refractivity contribution is 5.92. The second-order valence-electron chi connectivity index (χ2n) is 6.68. The number of amides is 1. The number of carbonyl (C=O) groups excluding carboxylic acids is 1. The van der Waals surface area contributed by atoms with Crippen LogP contribution in [0.25, 0.3) is 11.4 Å². The van der Waals surface area contributed by atoms with Crippen molar-refractivity contribution in [3.05, 3.63) is 59.8 Å². The van der Waals surface area contributed by atoms with Crippen LogP contribution in [0.2, 0.25) is 0 Å². The molecule has 0 unspecified atom stereocenters. The minimum atomic E-state index is -4.43. The Labute approximate surface area is 182 Å². The molecule has 2 aromatic carbocycles. The molecule has 0 aliphatic heterocycles. The molecule has 1 N–H and O–H groups in total. The van der Waals surface area contributed by atoms with Gasteiger partial charge in [-0.15, -0.1) is 0 Å². The number of hydrogen-bond acceptors (Lipinski definition) is 6. The largest absolute Gasteiger partial charge is 0.497 e. The summed E-state index contributed by atoms with van der Waals surface area (Å²) in [5.74, 6) is 0.867. The van der Waals surface area contributed by atoms with Crippen molar-refractivity contribution in [1.29, 1.82) is 0 Å². The number of nitrogens with one attached hydrogen (secondary N) is 1. The Morgan fingerprint density at radius 2 is 1.59 bits per heavy atom. The summed E-state index contributed by atoms with van der Waals surface area (Å²) in [6.45, 7) is 1.34. The molecule has 3 aromatic rings. The van der Waals surface area contributed by atoms with E-state index in [0.717, 1.165) is 12.1 Å². The summed E-state index contributed by atoms with van der Waals surface area (Å²) in [7, 11) is 2.99. The summed E-state index contributed by atoms with van der Waals surface area (Å²) in [4.78, 5) is 20.7. The van der Waals surface area contributed by atoms with Crippen molar-refractivity contribution in [3.8, 4) is 28.8 Å². The molecule has 1 aromatic heterocycles. The first-order chi connectivity index (χ1) is 15.2. The Balaban J connectivity index is 1.69. The first-order valence-corrected chi connectivity index (χ1v) is 9.37. The molecule has 1 heterocycles. The van der Waals surface area contributed by atoms with Crippen molar-refractivity contribution in [2.75, 3.05) is 26.1 Å². The number of benzene rings is 2. The maximum absolute atomic E-state index is 12.8. The standard InChI is InChI=1S/C22H20F3N3O4/c1-13-8-20(28-21(26-13)14-4-6-15(7-5-14)22(23,24)25)32-12-19(29)27-16-9-17(30-2)11-18(10-16)31-3/h4-11H,12H2,1-3H3,(H,27,29). The maximum Gasteiger partial charge on any atom is 0.416 e. The van der Waals surface area contributed by atoms with E-state index < -0.39 is 17.6 Å². The van der Waals surface area contributed by atoms with Gasteiger partial charge >= 0.3 is 6.18 Å². The minimum Gasteiger partial charge on any atom is -0.497 e. The number of alkyl halides is 3. The third-order valence-electron chi connectivity index (χ3n) is 4.29. The lowest BCUT2D eigenvalue weighted by atomic mass is 10.1. The fourth-order valence-corrected chi connectivity index (χ4v) is 2.77. The van der Waals surface area contributed by atoms with E-state index in [1.807, 2.05) is 0 Å². The van der Waals surface area contributed by atoms with Gasteiger partial charge in [0.05, 0.1) is 19.8 Å². The Bertz CT molecular complexity index is 1080. The van der Waals surface area contributed by atoms with Gasteiger partial charge in [-0.2, -0.15) is 18.2 Å². The smallest absolute Gasteiger partial charge is 0.416 e. The van der Waals surface area contributed by atoms with E-state index in [-0.39, 0.29) is 18.3 Å². The average Bonchev–Trinajstić information content (AvgIpc) is 2.76. The summed E-state index contributed by atoms with van der Waals surface area (Å²) in [5, 5.41) is 2.67. The van der Waals surface area contributed by atoms with Gasteiger partial charge in [-0.05, 0) is 19.1 Å². The lowest BCUT2D eigenvalue weighted by Crippen LogP contribution is -2.20. The van der Waals surface area contributed by atoms with Gasteiger partial charge in [-0.1, -0.05) is 12.1 Å². The number of ether oxygens (including phenoxy) is 3. The molecule has 0 fully saturated rings. The highest BCUT2D eigenvalue weighted by Crippen LogP contribution is 2.31. The SMILES string of the molecule is COc1cc(NC(=O)COc2cc(C)nc(-c3ccc(C(F)(F)F)cc3)n2)cc(OC)c1. The number of aromatic nitrogens is 2. The number of methoxy groups -OCH3 is 2. The number of nitrogens with zero attached hydrogens (tertiary/aromatic N) is 2. The van der Waals surface area contributed by atoms with Gasteiger partial charge in [0.25, 0.3) is 5.91 Å². The quantitative estimate of drug-likeness (QED) is 0.574. The van der Waals surface area contributed by atoms with Crippen molar-refractivity contribution in [2.45, 2.75) is 13.1 Å². The number of rotatable bonds is 7. The van der Waals surface area contributed by atoms with Gasteiger partial charge in [0.1, 0.15) is 11.5 Å². The van der Waals surface area contributed by atoms with Gasteiger partial charge in [0, 0.05) is 41.2 Å². The molecule has 0 bridgehead atoms. The van der Waals surface area contributed by atoms with Crippen molar-refractivity contribution >= 4 is 11.6 Å². The van der Waals surface area contributed by atoms with Crippen molar-refractivity contribution in [3.63, 3.8) is 0 Å². The molecule has 1 amide bonds. The third-order valence-corrected chi connectivity index (χ3v) is 4.29. The molecule has 32 heavy (non-hydrogen) atoms. The summed E-state index contributed by atoms with van der Waals surface area (Å²) >= 11 is 0. The van der Waals surface area contributed by atoms with Crippen LogP contribution in [-0.2, 0) is 11.0 Å². The molecular weight excluding hydrogens is 427 g/mol. The third kappa shape index (κ3) is 5.87. The van der Waals surface area contributed by atoms with Crippen LogP contribution in [0.5, 0.6) is 17.4 Å². The zero-order valence-corrected chi connectivity index (χ0v) is 17.5. The Kier molecular flexibility index (Phi) is 6.82. The second-order valence-corrected chi connectivity index (χ2v) is 6.68. The van der Waals surface area contributed by atoms with Crippen molar-refractivity contribution in [1.82, 2.24) is 9.97 Å². The fraction of sp³-hybridized carbons (Fsp3) is 0.227. The van der Waals surface area contributed by atoms with E-state index in [0.29, 0.717) is 28.4 Å². The molecule has 0 atom stereocenters. The molecule has 10 heteroatoms. The molecule has 7 nitrogen and oxygen atoms in total. The molecule has 0 spiro atoms. The highest BCUT2D eigenvalue weighted by Gasteiger charge is 2.30. The zero-order chi connectivity index (χ0) is 23.3. The normalized spacial score (nSPS) is 11.1. The molecular formula is C22H20F3N3O4. The van der Waals surface area contributed by atoms with Crippen LogP contribution < -0.4 is 19.5 Å². The lowest BCUT2D eigenvalue weighted by molar-refractivity contribution is -0.137. The van der Waals surface area contributed by atoms with Gasteiger partial charge < -0.3 is 19.5 Å². The molecule has 168 valence electrons. The summed E-state index contributed by atoms with van der Waals surface area (Å²) in [5.41, 5.74) is 0.609. The minimum absolute atomic E-state index is 0.116. The van der Waals surface area contributed by atoms with Crippen LogP contribution in [-0.4, -0.2) is 36.7 Å². The van der Waals surface area contributed by atoms with Crippen LogP contribution >= 0.6 is 0 Å². The second kappa shape index (κ2) is 9.54. The molecule has 3 rings (SSSR count). The monoisotopic (exact) mass is 447 g/mol. The molecule has 0 saturated heterocycles. The predicted octanol–water partition coefficient (Wildman–Crippen LogP) is 4.51. The van der Waals surface area contributed by atoms with Crippen LogP contribution in [0.15, 0.2) is 48.5 Å². The van der Waals surface area contributed by atoms with Crippen LogP contribution in [0, 0.1) is 6.92 Å².